The lowest BCUT2D eigenvalue weighted by Gasteiger charge is -2.27. The summed E-state index contributed by atoms with van der Waals surface area (Å²) in [4.78, 5) is 22.6. The zero-order valence-electron chi connectivity index (χ0n) is 19.6. The first-order chi connectivity index (χ1) is 16.1. The van der Waals surface area contributed by atoms with E-state index in [9.17, 15) is 14.9 Å². The molecule has 0 aliphatic rings. The summed E-state index contributed by atoms with van der Waals surface area (Å²) in [5.74, 6) is -0.238. The molecule has 1 unspecified atom stereocenters. The van der Waals surface area contributed by atoms with Crippen molar-refractivity contribution in [3.8, 4) is 0 Å². The molecule has 192 valence electrons. The van der Waals surface area contributed by atoms with Crippen molar-refractivity contribution in [2.24, 2.45) is 0 Å². The van der Waals surface area contributed by atoms with Crippen LogP contribution in [0.25, 0.3) is 0 Å². The molecule has 0 saturated heterocycles. The van der Waals surface area contributed by atoms with Crippen LogP contribution in [0.2, 0.25) is 0 Å². The Balaban J connectivity index is 2.31. The molecule has 1 aromatic rings. The molecule has 0 saturated carbocycles. The van der Waals surface area contributed by atoms with Gasteiger partial charge in [0.1, 0.15) is 6.17 Å². The number of benzene rings is 1. The minimum atomic E-state index is -1.84. The van der Waals surface area contributed by atoms with E-state index in [2.05, 4.69) is 22.9 Å². The molecule has 0 spiro atoms. The number of halogens is 3. The van der Waals surface area contributed by atoms with Crippen LogP contribution in [-0.2, 0) is 4.79 Å². The summed E-state index contributed by atoms with van der Waals surface area (Å²) in [5, 5.41) is 19.1. The standard InChI is InChI=1S/C23H35Cl3N4O3S/c1-2-3-4-5-6-7-8-9-10-11-12-13-20(31)28-21(23(24,25)26)29-22(34)27-18-14-16-19(17-15-18)30(32)33/h14-17,21H,2-13H2,1H3,(H,28,31)(H2,27,29,34). The number of nitro benzene ring substituents is 1. The number of hydrogen-bond donors (Lipinski definition) is 3. The molecule has 0 radical (unpaired) electrons. The lowest BCUT2D eigenvalue weighted by Crippen LogP contribution is -2.56. The van der Waals surface area contributed by atoms with Gasteiger partial charge < -0.3 is 16.0 Å². The average molecular weight is 554 g/mol. The van der Waals surface area contributed by atoms with Crippen LogP contribution in [0, 0.1) is 10.1 Å². The van der Waals surface area contributed by atoms with Crippen LogP contribution in [0.4, 0.5) is 11.4 Å². The highest BCUT2D eigenvalue weighted by atomic mass is 35.6. The van der Waals surface area contributed by atoms with Crippen LogP contribution in [-0.4, -0.2) is 25.9 Å². The second kappa shape index (κ2) is 17.1. The highest BCUT2D eigenvalue weighted by Crippen LogP contribution is 2.29. The van der Waals surface area contributed by atoms with E-state index in [1.807, 2.05) is 0 Å². The van der Waals surface area contributed by atoms with Gasteiger partial charge in [0.25, 0.3) is 5.69 Å². The van der Waals surface area contributed by atoms with E-state index in [0.717, 1.165) is 19.3 Å². The number of carbonyl (C=O) groups is 1. The molecule has 7 nitrogen and oxygen atoms in total. The number of rotatable bonds is 16. The third kappa shape index (κ3) is 14.1. The molecule has 0 bridgehead atoms. The summed E-state index contributed by atoms with van der Waals surface area (Å²) >= 11 is 23.2. The molecule has 0 fully saturated rings. The second-order valence-corrected chi connectivity index (χ2v) is 11.0. The van der Waals surface area contributed by atoms with Crippen LogP contribution in [0.3, 0.4) is 0 Å². The number of hydrogen-bond acceptors (Lipinski definition) is 4. The van der Waals surface area contributed by atoms with Crippen LogP contribution in [0.15, 0.2) is 24.3 Å². The third-order valence-corrected chi connectivity index (χ3v) is 6.13. The summed E-state index contributed by atoms with van der Waals surface area (Å²) in [6, 6.07) is 5.68. The number of nitrogens with one attached hydrogen (secondary N) is 3. The molecule has 0 aliphatic carbocycles. The van der Waals surface area contributed by atoms with Crippen molar-refractivity contribution in [1.29, 1.82) is 0 Å². The van der Waals surface area contributed by atoms with E-state index < -0.39 is 14.9 Å². The number of unbranched alkanes of at least 4 members (excludes halogenated alkanes) is 10. The van der Waals surface area contributed by atoms with Crippen molar-refractivity contribution < 1.29 is 9.72 Å². The van der Waals surface area contributed by atoms with Gasteiger partial charge in [-0.15, -0.1) is 0 Å². The Bertz CT molecular complexity index is 761. The van der Waals surface area contributed by atoms with E-state index in [1.54, 1.807) is 0 Å². The third-order valence-electron chi connectivity index (χ3n) is 5.25. The van der Waals surface area contributed by atoms with E-state index >= 15 is 0 Å². The number of alkyl halides is 3. The zero-order valence-corrected chi connectivity index (χ0v) is 22.7. The Morgan fingerprint density at radius 1 is 0.941 bits per heavy atom. The molecule has 1 rings (SSSR count). The smallest absolute Gasteiger partial charge is 0.269 e. The minimum absolute atomic E-state index is 0.0433. The Morgan fingerprint density at radius 2 is 1.44 bits per heavy atom. The number of thiocarbonyl (C=S) groups is 1. The second-order valence-electron chi connectivity index (χ2n) is 8.23. The molecule has 34 heavy (non-hydrogen) atoms. The Kier molecular flexibility index (Phi) is 15.5. The van der Waals surface area contributed by atoms with Gasteiger partial charge in [-0.2, -0.15) is 0 Å². The first-order valence-electron chi connectivity index (χ1n) is 11.8. The Morgan fingerprint density at radius 3 is 1.91 bits per heavy atom. The lowest BCUT2D eigenvalue weighted by atomic mass is 10.1. The van der Waals surface area contributed by atoms with E-state index in [4.69, 9.17) is 47.0 Å². The van der Waals surface area contributed by atoms with Crippen LogP contribution in [0.5, 0.6) is 0 Å². The topological polar surface area (TPSA) is 96.3 Å². The molecule has 0 aliphatic heterocycles. The number of nitro groups is 1. The number of non-ortho nitro benzene ring substituents is 1. The molecular formula is C23H35Cl3N4O3S. The van der Waals surface area contributed by atoms with Gasteiger partial charge in [0.2, 0.25) is 9.70 Å². The number of nitrogens with zero attached hydrogens (tertiary/aromatic N) is 1. The van der Waals surface area contributed by atoms with Crippen molar-refractivity contribution in [1.82, 2.24) is 10.6 Å². The monoisotopic (exact) mass is 552 g/mol. The molecule has 0 heterocycles. The summed E-state index contributed by atoms with van der Waals surface area (Å²) < 4.78 is -1.84. The highest BCUT2D eigenvalue weighted by molar-refractivity contribution is 7.80. The summed E-state index contributed by atoms with van der Waals surface area (Å²) in [6.45, 7) is 2.23. The predicted molar refractivity (Wildman–Crippen MR) is 146 cm³/mol. The largest absolute Gasteiger partial charge is 0.339 e. The van der Waals surface area contributed by atoms with E-state index in [1.165, 1.54) is 75.6 Å². The van der Waals surface area contributed by atoms with Crippen LogP contribution in [0.1, 0.15) is 84.0 Å². The van der Waals surface area contributed by atoms with Crippen LogP contribution < -0.4 is 16.0 Å². The molecule has 1 aromatic carbocycles. The van der Waals surface area contributed by atoms with E-state index in [-0.39, 0.29) is 16.7 Å². The first-order valence-corrected chi connectivity index (χ1v) is 13.4. The van der Waals surface area contributed by atoms with Gasteiger partial charge >= 0.3 is 0 Å². The number of amides is 1. The van der Waals surface area contributed by atoms with Crippen molar-refractivity contribution in [2.45, 2.75) is 93.9 Å². The SMILES string of the molecule is CCCCCCCCCCCCCC(=O)NC(NC(=S)Nc1ccc([N+](=O)[O-])cc1)C(Cl)(Cl)Cl. The fourth-order valence-corrected chi connectivity index (χ4v) is 3.91. The molecular weight excluding hydrogens is 519 g/mol. The minimum Gasteiger partial charge on any atom is -0.339 e. The van der Waals surface area contributed by atoms with Gasteiger partial charge in [0.15, 0.2) is 5.11 Å². The van der Waals surface area contributed by atoms with Crippen LogP contribution >= 0.6 is 47.0 Å². The van der Waals surface area contributed by atoms with E-state index in [0.29, 0.717) is 12.1 Å². The molecule has 11 heteroatoms. The molecule has 1 amide bonds. The van der Waals surface area contributed by atoms with Crippen molar-refractivity contribution in [2.75, 3.05) is 5.32 Å². The van der Waals surface area contributed by atoms with Crippen molar-refractivity contribution in [3.63, 3.8) is 0 Å². The maximum absolute atomic E-state index is 12.3. The number of anilines is 1. The Labute approximate surface area is 222 Å². The Hall–Kier alpha value is -1.35. The summed E-state index contributed by atoms with van der Waals surface area (Å²) in [5.41, 5.74) is 0.469. The number of carbonyl (C=O) groups excluding carboxylic acids is 1. The van der Waals surface area contributed by atoms with Gasteiger partial charge in [0.05, 0.1) is 4.92 Å². The van der Waals surface area contributed by atoms with Gasteiger partial charge in [-0.05, 0) is 30.8 Å². The molecule has 1 atom stereocenters. The zero-order chi connectivity index (χ0) is 25.4. The van der Waals surface area contributed by atoms with Gasteiger partial charge in [-0.1, -0.05) is 106 Å². The van der Waals surface area contributed by atoms with Gasteiger partial charge in [-0.25, -0.2) is 0 Å². The van der Waals surface area contributed by atoms with Crippen molar-refractivity contribution in [3.05, 3.63) is 34.4 Å². The highest BCUT2D eigenvalue weighted by Gasteiger charge is 2.34. The van der Waals surface area contributed by atoms with Gasteiger partial charge in [0, 0.05) is 24.2 Å². The fourth-order valence-electron chi connectivity index (χ4n) is 3.35. The molecule has 0 aromatic heterocycles. The maximum atomic E-state index is 12.3. The maximum Gasteiger partial charge on any atom is 0.269 e. The fraction of sp³-hybridized carbons (Fsp3) is 0.652. The lowest BCUT2D eigenvalue weighted by molar-refractivity contribution is -0.384. The van der Waals surface area contributed by atoms with Crippen molar-refractivity contribution >= 4 is 69.4 Å². The normalized spacial score (nSPS) is 12.1. The quantitative estimate of drug-likeness (QED) is 0.0493. The summed E-state index contributed by atoms with van der Waals surface area (Å²) in [7, 11) is 0. The summed E-state index contributed by atoms with van der Waals surface area (Å²) in [6.07, 6.45) is 12.5. The first kappa shape index (κ1) is 30.7. The van der Waals surface area contributed by atoms with Gasteiger partial charge in [-0.3, -0.25) is 14.9 Å². The average Bonchev–Trinajstić information content (AvgIpc) is 2.76. The molecule has 3 N–H and O–H groups in total. The predicted octanol–water partition coefficient (Wildman–Crippen LogP) is 7.39.